The summed E-state index contributed by atoms with van der Waals surface area (Å²) in [7, 11) is 0.626. The Balaban J connectivity index is 2.80. The van der Waals surface area contributed by atoms with Gasteiger partial charge in [-0.05, 0) is 11.9 Å². The minimum atomic E-state index is 0.137. The van der Waals surface area contributed by atoms with Gasteiger partial charge in [0.15, 0.2) is 5.96 Å². The summed E-state index contributed by atoms with van der Waals surface area (Å²) in [4.78, 5) is 3.86. The lowest BCUT2D eigenvalue weighted by atomic mass is 10.6. The Morgan fingerprint density at radius 1 is 1.56 bits per heavy atom. The van der Waals surface area contributed by atoms with Crippen LogP contribution in [-0.2, 0) is 0 Å². The minimum Gasteiger partial charge on any atom is -0.370 e. The molecule has 0 saturated carbocycles. The number of hydrogen-bond donors (Lipinski definition) is 2. The number of hydrogen-bond acceptors (Lipinski definition) is 1. The molecular formula is C5H8N3P. The molecule has 48 valence electrons. The Hall–Kier alpha value is -0.950. The lowest BCUT2D eigenvalue weighted by molar-refractivity contribution is 1.46. The highest BCUT2D eigenvalue weighted by atomic mass is 31.0. The molecule has 1 aromatic heterocycles. The molecule has 0 fully saturated rings. The van der Waals surface area contributed by atoms with E-state index in [2.05, 4.69) is 4.99 Å². The summed E-state index contributed by atoms with van der Waals surface area (Å²) < 4.78 is 0. The standard InChI is InChI=1S/C5H8N3P/c6-5(7)8-4-2-1-3-9-4/h1-3,9H,(H4,6,7,8). The lowest BCUT2D eigenvalue weighted by Gasteiger charge is -1.86. The van der Waals surface area contributed by atoms with E-state index in [0.29, 0.717) is 8.19 Å². The first-order valence-electron chi connectivity index (χ1n) is 2.52. The molecule has 0 aliphatic heterocycles. The Bertz CT molecular complexity index is 198. The molecule has 0 aromatic carbocycles. The Morgan fingerprint density at radius 3 is 2.78 bits per heavy atom. The third-order valence-electron chi connectivity index (χ3n) is 0.831. The van der Waals surface area contributed by atoms with Gasteiger partial charge in [0, 0.05) is 0 Å². The topological polar surface area (TPSA) is 64.4 Å². The molecule has 1 unspecified atom stereocenters. The molecule has 1 atom stereocenters. The van der Waals surface area contributed by atoms with Crippen molar-refractivity contribution in [2.75, 3.05) is 0 Å². The fourth-order valence-electron chi connectivity index (χ4n) is 0.529. The molecule has 0 amide bonds. The number of nitrogens with two attached hydrogens (primary N) is 2. The van der Waals surface area contributed by atoms with E-state index in [0.717, 1.165) is 5.42 Å². The van der Waals surface area contributed by atoms with Crippen LogP contribution in [0.1, 0.15) is 0 Å². The predicted molar refractivity (Wildman–Crippen MR) is 41.4 cm³/mol. The summed E-state index contributed by atoms with van der Waals surface area (Å²) in [5, 5.41) is 0. The fourth-order valence-corrected chi connectivity index (χ4v) is 1.28. The lowest BCUT2D eigenvalue weighted by Crippen LogP contribution is -2.21. The maximum absolute atomic E-state index is 5.14. The van der Waals surface area contributed by atoms with Crippen molar-refractivity contribution in [1.29, 1.82) is 0 Å². The van der Waals surface area contributed by atoms with Gasteiger partial charge in [-0.25, -0.2) is 4.99 Å². The molecule has 9 heavy (non-hydrogen) atoms. The van der Waals surface area contributed by atoms with Crippen LogP contribution in [-0.4, -0.2) is 5.96 Å². The molecule has 0 bridgehead atoms. The molecule has 0 spiro atoms. The molecule has 1 rings (SSSR count). The van der Waals surface area contributed by atoms with Gasteiger partial charge in [-0.1, -0.05) is 6.07 Å². The van der Waals surface area contributed by atoms with Crippen LogP contribution < -0.4 is 11.5 Å². The second kappa shape index (κ2) is 2.55. The molecule has 0 aliphatic carbocycles. The highest BCUT2D eigenvalue weighted by molar-refractivity contribution is 7.33. The van der Waals surface area contributed by atoms with Gasteiger partial charge in [0.2, 0.25) is 0 Å². The predicted octanol–water partition coefficient (Wildman–Crippen LogP) is 0.623. The van der Waals surface area contributed by atoms with Crippen molar-refractivity contribution in [3.8, 4) is 0 Å². The van der Waals surface area contributed by atoms with Crippen molar-refractivity contribution >= 4 is 19.6 Å². The van der Waals surface area contributed by atoms with Crippen molar-refractivity contribution in [2.24, 2.45) is 16.5 Å². The number of rotatable bonds is 1. The van der Waals surface area contributed by atoms with Gasteiger partial charge in [0.25, 0.3) is 0 Å². The zero-order valence-corrected chi connectivity index (χ0v) is 5.83. The summed E-state index contributed by atoms with van der Waals surface area (Å²) in [6, 6.07) is 3.85. The summed E-state index contributed by atoms with van der Waals surface area (Å²) in [5.74, 6) is 2.17. The normalized spacial score (nSPS) is 9.78. The van der Waals surface area contributed by atoms with E-state index in [9.17, 15) is 0 Å². The Morgan fingerprint density at radius 2 is 2.33 bits per heavy atom. The van der Waals surface area contributed by atoms with E-state index < -0.39 is 0 Å². The van der Waals surface area contributed by atoms with Crippen LogP contribution in [0.15, 0.2) is 22.9 Å². The van der Waals surface area contributed by atoms with E-state index in [4.69, 9.17) is 11.5 Å². The van der Waals surface area contributed by atoms with Gasteiger partial charge < -0.3 is 11.5 Å². The van der Waals surface area contributed by atoms with Gasteiger partial charge in [-0.3, -0.25) is 0 Å². The largest absolute Gasteiger partial charge is 0.370 e. The van der Waals surface area contributed by atoms with E-state index in [1.54, 1.807) is 0 Å². The molecule has 1 heterocycles. The first kappa shape index (κ1) is 6.17. The Kier molecular flexibility index (Phi) is 1.75. The molecule has 4 N–H and O–H groups in total. The van der Waals surface area contributed by atoms with Crippen LogP contribution in [0, 0.1) is 0 Å². The monoisotopic (exact) mass is 141 g/mol. The third kappa shape index (κ3) is 1.78. The average molecular weight is 141 g/mol. The molecule has 3 nitrogen and oxygen atoms in total. The summed E-state index contributed by atoms with van der Waals surface area (Å²) >= 11 is 0. The van der Waals surface area contributed by atoms with Crippen LogP contribution in [0.2, 0.25) is 0 Å². The van der Waals surface area contributed by atoms with Crippen LogP contribution in [0.4, 0.5) is 5.42 Å². The first-order chi connectivity index (χ1) is 4.29. The van der Waals surface area contributed by atoms with Gasteiger partial charge in [0.05, 0.1) is 5.42 Å². The zero-order chi connectivity index (χ0) is 6.69. The number of guanidine groups is 1. The molecule has 0 aliphatic rings. The second-order valence-corrected chi connectivity index (χ2v) is 2.73. The Labute approximate surface area is 54.9 Å². The highest BCUT2D eigenvalue weighted by Gasteiger charge is 1.85. The van der Waals surface area contributed by atoms with Gasteiger partial charge >= 0.3 is 0 Å². The molecule has 4 heteroatoms. The van der Waals surface area contributed by atoms with Crippen LogP contribution in [0.3, 0.4) is 0 Å². The van der Waals surface area contributed by atoms with Crippen LogP contribution in [0.25, 0.3) is 0 Å². The van der Waals surface area contributed by atoms with Crippen molar-refractivity contribution in [3.63, 3.8) is 0 Å². The smallest absolute Gasteiger partial charge is 0.191 e. The zero-order valence-electron chi connectivity index (χ0n) is 4.83. The molecule has 1 aromatic rings. The molecule has 0 radical (unpaired) electrons. The highest BCUT2D eigenvalue weighted by Crippen LogP contribution is 2.23. The first-order valence-corrected chi connectivity index (χ1v) is 3.60. The summed E-state index contributed by atoms with van der Waals surface area (Å²) in [6.07, 6.45) is 0. The maximum atomic E-state index is 5.14. The number of nitrogens with zero attached hydrogens (tertiary/aromatic N) is 1. The molecule has 0 saturated heterocycles. The van der Waals surface area contributed by atoms with E-state index >= 15 is 0 Å². The SMILES string of the molecule is NC(N)=Nc1ccc[pH]1. The summed E-state index contributed by atoms with van der Waals surface area (Å²) in [5.41, 5.74) is 11.2. The third-order valence-corrected chi connectivity index (χ3v) is 1.76. The maximum Gasteiger partial charge on any atom is 0.191 e. The van der Waals surface area contributed by atoms with E-state index in [1.165, 1.54) is 0 Å². The second-order valence-electron chi connectivity index (χ2n) is 1.59. The van der Waals surface area contributed by atoms with E-state index in [-0.39, 0.29) is 5.96 Å². The summed E-state index contributed by atoms with van der Waals surface area (Å²) in [6.45, 7) is 0. The van der Waals surface area contributed by atoms with Gasteiger partial charge in [-0.15, -0.1) is 8.19 Å². The average Bonchev–Trinajstić information content (AvgIpc) is 2.15. The molecular weight excluding hydrogens is 133 g/mol. The quantitative estimate of drug-likeness (QED) is 0.444. The fraction of sp³-hybridized carbons (Fsp3) is 0. The van der Waals surface area contributed by atoms with Crippen LogP contribution in [0.5, 0.6) is 0 Å². The van der Waals surface area contributed by atoms with Gasteiger partial charge in [0.1, 0.15) is 0 Å². The van der Waals surface area contributed by atoms with Crippen molar-refractivity contribution < 1.29 is 0 Å². The minimum absolute atomic E-state index is 0.137. The van der Waals surface area contributed by atoms with Gasteiger partial charge in [-0.2, -0.15) is 0 Å². The van der Waals surface area contributed by atoms with Crippen molar-refractivity contribution in [2.45, 2.75) is 0 Å². The van der Waals surface area contributed by atoms with Crippen LogP contribution >= 0.6 is 8.19 Å². The van der Waals surface area contributed by atoms with Crippen molar-refractivity contribution in [3.05, 3.63) is 17.9 Å². The van der Waals surface area contributed by atoms with E-state index in [1.807, 2.05) is 17.9 Å². The van der Waals surface area contributed by atoms with Crippen molar-refractivity contribution in [1.82, 2.24) is 0 Å². The number of aliphatic imine (C=N–C) groups is 1.